The van der Waals surface area contributed by atoms with E-state index < -0.39 is 0 Å². The van der Waals surface area contributed by atoms with Crippen LogP contribution in [0, 0.1) is 0 Å². The lowest BCUT2D eigenvalue weighted by molar-refractivity contribution is 0.669. The van der Waals surface area contributed by atoms with Gasteiger partial charge in [0.2, 0.25) is 0 Å². The molecule has 12 rings (SSSR count). The second-order valence-electron chi connectivity index (χ2n) is 15.5. The zero-order valence-corrected chi connectivity index (χ0v) is 33.0. The van der Waals surface area contributed by atoms with E-state index in [1.165, 1.54) is 37.9 Å². The number of hydrogen-bond donors (Lipinski definition) is 0. The summed E-state index contributed by atoms with van der Waals surface area (Å²) in [7, 11) is 0. The molecular formula is C57H35N3O. The predicted molar refractivity (Wildman–Crippen MR) is 252 cm³/mol. The van der Waals surface area contributed by atoms with Gasteiger partial charge in [-0.1, -0.05) is 188 Å². The molecule has 2 heterocycles. The molecular weight excluding hydrogens is 743 g/mol. The highest BCUT2D eigenvalue weighted by Crippen LogP contribution is 2.41. The molecule has 0 aliphatic heterocycles. The van der Waals surface area contributed by atoms with E-state index in [2.05, 4.69) is 194 Å². The van der Waals surface area contributed by atoms with E-state index in [4.69, 9.17) is 19.4 Å². The molecule has 0 spiro atoms. The quantitative estimate of drug-likeness (QED) is 0.125. The van der Waals surface area contributed by atoms with Crippen LogP contribution in [0.1, 0.15) is 0 Å². The van der Waals surface area contributed by atoms with Gasteiger partial charge in [0.15, 0.2) is 17.5 Å². The molecule has 4 nitrogen and oxygen atoms in total. The summed E-state index contributed by atoms with van der Waals surface area (Å²) in [4.78, 5) is 15.8. The van der Waals surface area contributed by atoms with Crippen LogP contribution in [-0.2, 0) is 0 Å². The van der Waals surface area contributed by atoms with Gasteiger partial charge in [0.25, 0.3) is 0 Å². The molecule has 0 unspecified atom stereocenters. The van der Waals surface area contributed by atoms with Crippen molar-refractivity contribution in [3.05, 3.63) is 212 Å². The first-order chi connectivity index (χ1) is 30.2. The van der Waals surface area contributed by atoms with Crippen molar-refractivity contribution in [2.24, 2.45) is 0 Å². The van der Waals surface area contributed by atoms with Crippen LogP contribution in [0.15, 0.2) is 217 Å². The van der Waals surface area contributed by atoms with Crippen molar-refractivity contribution in [2.45, 2.75) is 0 Å². The first kappa shape index (κ1) is 34.8. The van der Waals surface area contributed by atoms with E-state index >= 15 is 0 Å². The smallest absolute Gasteiger partial charge is 0.164 e. The number of benzene rings is 10. The number of furan rings is 1. The van der Waals surface area contributed by atoms with Gasteiger partial charge >= 0.3 is 0 Å². The topological polar surface area (TPSA) is 51.8 Å². The molecule has 4 heteroatoms. The molecule has 2 aromatic heterocycles. The van der Waals surface area contributed by atoms with E-state index in [0.29, 0.717) is 17.5 Å². The SMILES string of the molecule is c1ccc(-c2ccccc2-c2nc(-c3ccc(-c4c5ccccc5cc5c4ccc4ccccc45)cc3)nc(-c3ccccc3-c3ccc4oc5ccccc5c4c3)n2)cc1. The van der Waals surface area contributed by atoms with Gasteiger partial charge in [0.05, 0.1) is 0 Å². The summed E-state index contributed by atoms with van der Waals surface area (Å²) in [5.74, 6) is 1.82. The maximum atomic E-state index is 6.20. The van der Waals surface area contributed by atoms with Crippen LogP contribution >= 0.6 is 0 Å². The Balaban J connectivity index is 1.04. The first-order valence-corrected chi connectivity index (χ1v) is 20.6. The largest absolute Gasteiger partial charge is 0.456 e. The van der Waals surface area contributed by atoms with Gasteiger partial charge in [-0.25, -0.2) is 15.0 Å². The molecule has 0 N–H and O–H groups in total. The van der Waals surface area contributed by atoms with E-state index in [1.807, 2.05) is 18.2 Å². The van der Waals surface area contributed by atoms with Crippen LogP contribution in [0.4, 0.5) is 0 Å². The van der Waals surface area contributed by atoms with Gasteiger partial charge in [0, 0.05) is 27.5 Å². The molecule has 0 fully saturated rings. The summed E-state index contributed by atoms with van der Waals surface area (Å²) < 4.78 is 6.20. The third kappa shape index (κ3) is 5.96. The average Bonchev–Trinajstić information content (AvgIpc) is 3.71. The van der Waals surface area contributed by atoms with Gasteiger partial charge in [-0.05, 0) is 90.0 Å². The molecule has 10 aromatic carbocycles. The van der Waals surface area contributed by atoms with E-state index in [9.17, 15) is 0 Å². The second kappa shape index (κ2) is 14.3. The zero-order chi connectivity index (χ0) is 40.3. The number of rotatable bonds is 6. The lowest BCUT2D eigenvalue weighted by Crippen LogP contribution is -2.02. The molecule has 0 amide bonds. The normalized spacial score (nSPS) is 11.6. The molecule has 0 radical (unpaired) electrons. The summed E-state index contributed by atoms with van der Waals surface area (Å²) in [5, 5.41) is 9.56. The van der Waals surface area contributed by atoms with Crippen molar-refractivity contribution in [2.75, 3.05) is 0 Å². The zero-order valence-electron chi connectivity index (χ0n) is 33.0. The van der Waals surface area contributed by atoms with Crippen LogP contribution in [0.2, 0.25) is 0 Å². The third-order valence-electron chi connectivity index (χ3n) is 11.9. The van der Waals surface area contributed by atoms with Crippen molar-refractivity contribution in [3.8, 4) is 67.5 Å². The molecule has 284 valence electrons. The lowest BCUT2D eigenvalue weighted by atomic mass is 9.89. The number of hydrogen-bond acceptors (Lipinski definition) is 4. The summed E-state index contributed by atoms with van der Waals surface area (Å²) in [5.41, 5.74) is 11.1. The van der Waals surface area contributed by atoms with Gasteiger partial charge in [-0.3, -0.25) is 0 Å². The second-order valence-corrected chi connectivity index (χ2v) is 15.5. The monoisotopic (exact) mass is 777 g/mol. The van der Waals surface area contributed by atoms with Gasteiger partial charge in [0.1, 0.15) is 11.2 Å². The number of fused-ring (bicyclic) bond motifs is 7. The van der Waals surface area contributed by atoms with E-state index in [-0.39, 0.29) is 0 Å². The molecule has 12 aromatic rings. The Morgan fingerprint density at radius 3 is 1.56 bits per heavy atom. The Morgan fingerprint density at radius 1 is 0.262 bits per heavy atom. The standard InChI is InChI=1S/C57H35N3O/c1-2-14-36(15-3-1)42-18-8-10-23-48(42)56-58-55(59-57(60-56)49-24-11-9-20-44(49)41-31-33-53-51(35-41)46-22-12-13-25-52(46)61-53)39-28-26-38(27-29-39)54-45-21-7-5-17-40(45)34-50-43-19-6-4-16-37(43)30-32-47(50)54/h1-35H. The average molecular weight is 778 g/mol. The van der Waals surface area contributed by atoms with Crippen LogP contribution < -0.4 is 0 Å². The van der Waals surface area contributed by atoms with Crippen molar-refractivity contribution in [1.29, 1.82) is 0 Å². The van der Waals surface area contributed by atoms with Crippen LogP contribution in [0.5, 0.6) is 0 Å². The maximum Gasteiger partial charge on any atom is 0.164 e. The Bertz CT molecular complexity index is 3650. The van der Waals surface area contributed by atoms with Gasteiger partial charge in [-0.15, -0.1) is 0 Å². The molecule has 0 aliphatic rings. The van der Waals surface area contributed by atoms with Crippen molar-refractivity contribution in [3.63, 3.8) is 0 Å². The van der Waals surface area contributed by atoms with E-state index in [1.54, 1.807) is 0 Å². The van der Waals surface area contributed by atoms with Crippen LogP contribution in [-0.4, -0.2) is 15.0 Å². The Morgan fingerprint density at radius 2 is 0.803 bits per heavy atom. The van der Waals surface area contributed by atoms with Crippen molar-refractivity contribution >= 4 is 54.3 Å². The third-order valence-corrected chi connectivity index (χ3v) is 11.9. The maximum absolute atomic E-state index is 6.20. The van der Waals surface area contributed by atoms with Gasteiger partial charge in [-0.2, -0.15) is 0 Å². The molecule has 0 aliphatic carbocycles. The first-order valence-electron chi connectivity index (χ1n) is 20.6. The highest BCUT2D eigenvalue weighted by Gasteiger charge is 2.19. The Kier molecular flexibility index (Phi) is 8.13. The number of para-hydroxylation sites is 1. The summed E-state index contributed by atoms with van der Waals surface area (Å²) >= 11 is 0. The minimum atomic E-state index is 0.603. The number of aromatic nitrogens is 3. The molecule has 0 saturated carbocycles. The molecule has 61 heavy (non-hydrogen) atoms. The van der Waals surface area contributed by atoms with E-state index in [0.717, 1.165) is 66.4 Å². The summed E-state index contributed by atoms with van der Waals surface area (Å²) in [6.45, 7) is 0. The fourth-order valence-electron chi connectivity index (χ4n) is 9.03. The minimum absolute atomic E-state index is 0.603. The Labute approximate surface area is 352 Å². The van der Waals surface area contributed by atoms with Crippen LogP contribution in [0.3, 0.4) is 0 Å². The predicted octanol–water partition coefficient (Wildman–Crippen LogP) is 15.2. The summed E-state index contributed by atoms with van der Waals surface area (Å²) in [6.07, 6.45) is 0. The lowest BCUT2D eigenvalue weighted by Gasteiger charge is -2.15. The molecule has 0 saturated heterocycles. The highest BCUT2D eigenvalue weighted by atomic mass is 16.3. The molecule has 0 bridgehead atoms. The van der Waals surface area contributed by atoms with Gasteiger partial charge < -0.3 is 4.42 Å². The van der Waals surface area contributed by atoms with Crippen molar-refractivity contribution < 1.29 is 4.42 Å². The van der Waals surface area contributed by atoms with Crippen molar-refractivity contribution in [1.82, 2.24) is 15.0 Å². The highest BCUT2D eigenvalue weighted by molar-refractivity contribution is 6.20. The molecule has 0 atom stereocenters. The summed E-state index contributed by atoms with van der Waals surface area (Å²) in [6, 6.07) is 74.7. The fourth-order valence-corrected chi connectivity index (χ4v) is 9.03. The van der Waals surface area contributed by atoms with Crippen LogP contribution in [0.25, 0.3) is 122 Å². The fraction of sp³-hybridized carbons (Fsp3) is 0. The number of nitrogens with zero attached hydrogens (tertiary/aromatic N) is 3. The minimum Gasteiger partial charge on any atom is -0.456 e. The Hall–Kier alpha value is -8.21.